The summed E-state index contributed by atoms with van der Waals surface area (Å²) in [5.41, 5.74) is 4.78. The molecule has 0 amide bonds. The first kappa shape index (κ1) is 21.5. The maximum Gasteiger partial charge on any atom is 0.142 e. The first-order valence-corrected chi connectivity index (χ1v) is 11.0. The van der Waals surface area contributed by atoms with Crippen LogP contribution in [0.25, 0.3) is 0 Å². The fourth-order valence-electron chi connectivity index (χ4n) is 4.51. The Labute approximate surface area is 183 Å². The Morgan fingerprint density at radius 2 is 1.90 bits per heavy atom. The summed E-state index contributed by atoms with van der Waals surface area (Å²) in [6, 6.07) is 9.82. The number of aliphatic hydroxyl groups is 1. The third kappa shape index (κ3) is 4.64. The Kier molecular flexibility index (Phi) is 6.10. The van der Waals surface area contributed by atoms with Crippen molar-refractivity contribution in [3.05, 3.63) is 63.3 Å². The van der Waals surface area contributed by atoms with E-state index < -0.39 is 0 Å². The summed E-state index contributed by atoms with van der Waals surface area (Å²) < 4.78 is 0. The van der Waals surface area contributed by atoms with Crippen LogP contribution in [0.5, 0.6) is 5.75 Å². The zero-order valence-corrected chi connectivity index (χ0v) is 18.6. The summed E-state index contributed by atoms with van der Waals surface area (Å²) in [5, 5.41) is 26.2. The molecule has 1 aliphatic heterocycles. The van der Waals surface area contributed by atoms with Crippen LogP contribution in [-0.2, 0) is 11.4 Å². The highest BCUT2D eigenvalue weighted by atomic mass is 16.6. The van der Waals surface area contributed by atoms with Gasteiger partial charge in [0.05, 0.1) is 16.4 Å². The molecule has 1 aliphatic carbocycles. The lowest BCUT2D eigenvalue weighted by Crippen LogP contribution is -2.27. The van der Waals surface area contributed by atoms with E-state index in [1.54, 1.807) is 0 Å². The molecule has 0 saturated heterocycles. The molecule has 4 rings (SSSR count). The first-order valence-electron chi connectivity index (χ1n) is 11.0. The van der Waals surface area contributed by atoms with Crippen LogP contribution >= 0.6 is 0 Å². The normalized spacial score (nSPS) is 23.1. The highest BCUT2D eigenvalue weighted by Crippen LogP contribution is 2.44. The minimum absolute atomic E-state index is 0.0182. The fraction of sp³-hybridized carbons (Fsp3) is 0.480. The SMILES string of the molecule is CC(=NOCc1ccc2c(c1)=NCN=2)c1cc(O)c(C)cc1[C@H]1CC[C@](C)(CO)CC1. The number of oxime groups is 1. The van der Waals surface area contributed by atoms with Crippen LogP contribution in [0.2, 0.25) is 0 Å². The van der Waals surface area contributed by atoms with Crippen LogP contribution in [0, 0.1) is 12.3 Å². The lowest BCUT2D eigenvalue weighted by molar-refractivity contribution is 0.0934. The molecule has 0 radical (unpaired) electrons. The highest BCUT2D eigenvalue weighted by Gasteiger charge is 2.32. The Hall–Kier alpha value is -2.73. The van der Waals surface area contributed by atoms with Crippen molar-refractivity contribution >= 4 is 5.71 Å². The lowest BCUT2D eigenvalue weighted by Gasteiger charge is -2.36. The third-order valence-electron chi connectivity index (χ3n) is 6.73. The Morgan fingerprint density at radius 1 is 1.16 bits per heavy atom. The van der Waals surface area contributed by atoms with Crippen molar-refractivity contribution in [1.29, 1.82) is 0 Å². The first-order chi connectivity index (χ1) is 14.9. The summed E-state index contributed by atoms with van der Waals surface area (Å²) in [4.78, 5) is 14.3. The molecule has 6 heteroatoms. The number of phenolic OH excluding ortho intramolecular Hbond substituents is 1. The summed E-state index contributed by atoms with van der Waals surface area (Å²) in [6.45, 7) is 7.09. The van der Waals surface area contributed by atoms with E-state index in [0.29, 0.717) is 19.2 Å². The third-order valence-corrected chi connectivity index (χ3v) is 6.73. The molecular weight excluding hydrogens is 390 g/mol. The standard InChI is InChI=1S/C25H31N3O3/c1-16-10-21(19-6-8-25(3,14-29)9-7-19)20(12-24(16)30)17(2)28-31-13-18-4-5-22-23(11-18)27-15-26-22/h4-5,10-12,19,29-30H,6-9,13-15H2,1-3H3/t19-,25-. The van der Waals surface area contributed by atoms with Crippen LogP contribution in [0.15, 0.2) is 45.5 Å². The van der Waals surface area contributed by atoms with Gasteiger partial charge in [0.1, 0.15) is 19.0 Å². The van der Waals surface area contributed by atoms with Crippen LogP contribution in [0.3, 0.4) is 0 Å². The van der Waals surface area contributed by atoms with E-state index in [1.807, 2.05) is 38.1 Å². The van der Waals surface area contributed by atoms with Gasteiger partial charge in [0.2, 0.25) is 0 Å². The minimum Gasteiger partial charge on any atom is -0.508 e. The molecule has 1 fully saturated rings. The highest BCUT2D eigenvalue weighted by molar-refractivity contribution is 6.00. The second-order valence-electron chi connectivity index (χ2n) is 9.20. The van der Waals surface area contributed by atoms with E-state index in [0.717, 1.165) is 58.8 Å². The molecule has 2 aromatic carbocycles. The topological polar surface area (TPSA) is 86.8 Å². The summed E-state index contributed by atoms with van der Waals surface area (Å²) in [5.74, 6) is 0.662. The van der Waals surface area contributed by atoms with Gasteiger partial charge in [0.25, 0.3) is 0 Å². The van der Waals surface area contributed by atoms with Crippen molar-refractivity contribution in [2.75, 3.05) is 13.3 Å². The molecule has 164 valence electrons. The molecule has 1 heterocycles. The van der Waals surface area contributed by atoms with E-state index in [-0.39, 0.29) is 17.8 Å². The molecule has 0 atom stereocenters. The van der Waals surface area contributed by atoms with Gasteiger partial charge in [0.15, 0.2) is 0 Å². The van der Waals surface area contributed by atoms with Gasteiger partial charge in [-0.2, -0.15) is 0 Å². The van der Waals surface area contributed by atoms with E-state index in [9.17, 15) is 10.2 Å². The molecule has 0 bridgehead atoms. The molecule has 2 aliphatic rings. The smallest absolute Gasteiger partial charge is 0.142 e. The van der Waals surface area contributed by atoms with Gasteiger partial charge in [0, 0.05) is 12.2 Å². The van der Waals surface area contributed by atoms with Gasteiger partial charge in [-0.05, 0) is 85.8 Å². The summed E-state index contributed by atoms with van der Waals surface area (Å²) in [7, 11) is 0. The molecule has 0 spiro atoms. The van der Waals surface area contributed by atoms with Crippen LogP contribution in [0.4, 0.5) is 0 Å². The fourth-order valence-corrected chi connectivity index (χ4v) is 4.51. The molecular formula is C25H31N3O3. The second kappa shape index (κ2) is 8.79. The number of aromatic hydroxyl groups is 1. The van der Waals surface area contributed by atoms with Crippen LogP contribution in [-0.4, -0.2) is 29.2 Å². The van der Waals surface area contributed by atoms with Crippen LogP contribution < -0.4 is 10.7 Å². The quantitative estimate of drug-likeness (QED) is 0.553. The molecule has 0 aromatic heterocycles. The number of nitrogens with zero attached hydrogens (tertiary/aromatic N) is 3. The zero-order chi connectivity index (χ0) is 22.0. The number of phenols is 1. The Balaban J connectivity index is 1.52. The van der Waals surface area contributed by atoms with E-state index in [4.69, 9.17) is 4.84 Å². The predicted molar refractivity (Wildman–Crippen MR) is 120 cm³/mol. The van der Waals surface area contributed by atoms with Crippen molar-refractivity contribution in [3.8, 4) is 5.75 Å². The summed E-state index contributed by atoms with van der Waals surface area (Å²) >= 11 is 0. The number of aliphatic hydroxyl groups excluding tert-OH is 1. The van der Waals surface area contributed by atoms with Gasteiger partial charge < -0.3 is 15.1 Å². The number of fused-ring (bicyclic) bond motifs is 1. The largest absolute Gasteiger partial charge is 0.508 e. The molecule has 2 aromatic rings. The molecule has 1 saturated carbocycles. The van der Waals surface area contributed by atoms with Crippen molar-refractivity contribution in [1.82, 2.24) is 0 Å². The number of benzene rings is 2. The second-order valence-corrected chi connectivity index (χ2v) is 9.20. The Bertz CT molecular complexity index is 1120. The molecule has 2 N–H and O–H groups in total. The zero-order valence-electron chi connectivity index (χ0n) is 18.6. The van der Waals surface area contributed by atoms with Crippen molar-refractivity contribution in [2.24, 2.45) is 20.6 Å². The molecule has 6 nitrogen and oxygen atoms in total. The van der Waals surface area contributed by atoms with Crippen molar-refractivity contribution < 1.29 is 15.1 Å². The number of rotatable bonds is 6. The maximum atomic E-state index is 10.3. The number of aryl methyl sites for hydroxylation is 1. The Morgan fingerprint density at radius 3 is 2.65 bits per heavy atom. The number of hydrogen-bond acceptors (Lipinski definition) is 6. The van der Waals surface area contributed by atoms with Gasteiger partial charge in [-0.25, -0.2) is 0 Å². The maximum absolute atomic E-state index is 10.3. The average Bonchev–Trinajstić information content (AvgIpc) is 3.24. The van der Waals surface area contributed by atoms with Gasteiger partial charge in [-0.1, -0.05) is 24.2 Å². The monoisotopic (exact) mass is 421 g/mol. The van der Waals surface area contributed by atoms with Crippen molar-refractivity contribution in [2.45, 2.75) is 59.0 Å². The minimum atomic E-state index is 0.0182. The van der Waals surface area contributed by atoms with E-state index in [2.05, 4.69) is 28.1 Å². The number of hydrogen-bond donors (Lipinski definition) is 2. The van der Waals surface area contributed by atoms with E-state index >= 15 is 0 Å². The molecule has 31 heavy (non-hydrogen) atoms. The lowest BCUT2D eigenvalue weighted by atomic mass is 9.69. The average molecular weight is 422 g/mol. The van der Waals surface area contributed by atoms with Gasteiger partial charge in [-0.3, -0.25) is 9.98 Å². The summed E-state index contributed by atoms with van der Waals surface area (Å²) in [6.07, 6.45) is 4.03. The molecule has 0 unspecified atom stereocenters. The van der Waals surface area contributed by atoms with Gasteiger partial charge >= 0.3 is 0 Å². The van der Waals surface area contributed by atoms with E-state index in [1.165, 1.54) is 5.56 Å². The van der Waals surface area contributed by atoms with Crippen LogP contribution in [0.1, 0.15) is 67.7 Å². The van der Waals surface area contributed by atoms with Crippen molar-refractivity contribution in [3.63, 3.8) is 0 Å². The predicted octanol–water partition coefficient (Wildman–Crippen LogP) is 3.51. The van der Waals surface area contributed by atoms with Gasteiger partial charge in [-0.15, -0.1) is 0 Å².